The maximum Gasteiger partial charge on any atom is 0.392 e. The van der Waals surface area contributed by atoms with Gasteiger partial charge in [0, 0.05) is 0 Å². The SMILES string of the molecule is Cc1cc2ccc3c4c(ccc3c2cc1C)C(O)CC(C(F)(F)F)C4. The number of hydrogen-bond donors (Lipinski definition) is 1. The molecule has 130 valence electrons. The van der Waals surface area contributed by atoms with Crippen LogP contribution in [-0.4, -0.2) is 11.3 Å². The minimum Gasteiger partial charge on any atom is -0.388 e. The van der Waals surface area contributed by atoms with Crippen LogP contribution in [0.1, 0.15) is 34.8 Å². The molecule has 3 aromatic carbocycles. The molecule has 2 unspecified atom stereocenters. The summed E-state index contributed by atoms with van der Waals surface area (Å²) in [5.41, 5.74) is 3.62. The molecule has 0 fully saturated rings. The summed E-state index contributed by atoms with van der Waals surface area (Å²) in [5, 5.41) is 14.2. The van der Waals surface area contributed by atoms with Crippen molar-refractivity contribution in [3.63, 3.8) is 0 Å². The third-order valence-electron chi connectivity index (χ3n) is 5.56. The molecule has 0 saturated heterocycles. The number of aryl methyl sites for hydroxylation is 2. The Balaban J connectivity index is 1.99. The summed E-state index contributed by atoms with van der Waals surface area (Å²) in [6.45, 7) is 4.09. The Morgan fingerprint density at radius 3 is 2.32 bits per heavy atom. The molecule has 0 spiro atoms. The van der Waals surface area contributed by atoms with E-state index in [-0.39, 0.29) is 12.8 Å². The second kappa shape index (κ2) is 5.46. The lowest BCUT2D eigenvalue weighted by Crippen LogP contribution is -2.31. The van der Waals surface area contributed by atoms with Crippen LogP contribution in [0.2, 0.25) is 0 Å². The molecule has 0 aromatic heterocycles. The Morgan fingerprint density at radius 2 is 1.60 bits per heavy atom. The molecule has 0 radical (unpaired) electrons. The van der Waals surface area contributed by atoms with Gasteiger partial charge >= 0.3 is 6.18 Å². The highest BCUT2D eigenvalue weighted by molar-refractivity contribution is 6.09. The van der Waals surface area contributed by atoms with Gasteiger partial charge in [-0.05, 0) is 70.5 Å². The number of halogens is 3. The van der Waals surface area contributed by atoms with Crippen LogP contribution in [0.15, 0.2) is 36.4 Å². The predicted molar refractivity (Wildman–Crippen MR) is 93.8 cm³/mol. The summed E-state index contributed by atoms with van der Waals surface area (Å²) in [7, 11) is 0. The van der Waals surface area contributed by atoms with Crippen LogP contribution in [0.3, 0.4) is 0 Å². The molecule has 4 rings (SSSR count). The van der Waals surface area contributed by atoms with Crippen molar-refractivity contribution in [2.75, 3.05) is 0 Å². The minimum atomic E-state index is -4.29. The lowest BCUT2D eigenvalue weighted by Gasteiger charge is -2.31. The lowest BCUT2D eigenvalue weighted by atomic mass is 9.79. The van der Waals surface area contributed by atoms with Crippen molar-refractivity contribution in [3.8, 4) is 0 Å². The zero-order chi connectivity index (χ0) is 17.9. The lowest BCUT2D eigenvalue weighted by molar-refractivity contribution is -0.183. The molecule has 0 heterocycles. The fourth-order valence-electron chi connectivity index (χ4n) is 4.01. The Labute approximate surface area is 144 Å². The third-order valence-corrected chi connectivity index (χ3v) is 5.56. The normalized spacial score (nSPS) is 20.9. The maximum absolute atomic E-state index is 13.2. The zero-order valence-corrected chi connectivity index (χ0v) is 14.1. The van der Waals surface area contributed by atoms with E-state index in [1.54, 1.807) is 6.07 Å². The molecule has 2 atom stereocenters. The van der Waals surface area contributed by atoms with Gasteiger partial charge in [-0.3, -0.25) is 0 Å². The van der Waals surface area contributed by atoms with Crippen molar-refractivity contribution in [1.29, 1.82) is 0 Å². The molecule has 0 amide bonds. The van der Waals surface area contributed by atoms with E-state index < -0.39 is 18.2 Å². The summed E-state index contributed by atoms with van der Waals surface area (Å²) >= 11 is 0. The largest absolute Gasteiger partial charge is 0.392 e. The first-order valence-electron chi connectivity index (χ1n) is 8.46. The van der Waals surface area contributed by atoms with Crippen LogP contribution in [-0.2, 0) is 6.42 Å². The van der Waals surface area contributed by atoms with E-state index in [9.17, 15) is 18.3 Å². The monoisotopic (exact) mass is 344 g/mol. The average molecular weight is 344 g/mol. The van der Waals surface area contributed by atoms with E-state index >= 15 is 0 Å². The summed E-state index contributed by atoms with van der Waals surface area (Å²) < 4.78 is 39.7. The van der Waals surface area contributed by atoms with Gasteiger partial charge < -0.3 is 5.11 Å². The highest BCUT2D eigenvalue weighted by Gasteiger charge is 2.44. The van der Waals surface area contributed by atoms with Gasteiger partial charge in [-0.15, -0.1) is 0 Å². The van der Waals surface area contributed by atoms with E-state index in [1.807, 2.05) is 25.1 Å². The van der Waals surface area contributed by atoms with Crippen LogP contribution in [0.5, 0.6) is 0 Å². The molecular weight excluding hydrogens is 325 g/mol. The Morgan fingerprint density at radius 1 is 0.920 bits per heavy atom. The molecule has 1 N–H and O–H groups in total. The number of alkyl halides is 3. The Bertz CT molecular complexity index is 988. The van der Waals surface area contributed by atoms with Gasteiger partial charge in [0.2, 0.25) is 0 Å². The number of aliphatic hydroxyl groups excluding tert-OH is 1. The second-order valence-electron chi connectivity index (χ2n) is 7.15. The summed E-state index contributed by atoms with van der Waals surface area (Å²) in [4.78, 5) is 0. The first-order chi connectivity index (χ1) is 11.8. The molecule has 0 bridgehead atoms. The smallest absolute Gasteiger partial charge is 0.388 e. The van der Waals surface area contributed by atoms with Gasteiger partial charge in [0.25, 0.3) is 0 Å². The fourth-order valence-corrected chi connectivity index (χ4v) is 4.01. The van der Waals surface area contributed by atoms with Crippen molar-refractivity contribution in [3.05, 3.63) is 58.7 Å². The number of hydrogen-bond acceptors (Lipinski definition) is 1. The maximum atomic E-state index is 13.2. The van der Waals surface area contributed by atoms with Crippen molar-refractivity contribution >= 4 is 21.5 Å². The molecular formula is C21H19F3O. The van der Waals surface area contributed by atoms with Gasteiger partial charge in [0.15, 0.2) is 0 Å². The van der Waals surface area contributed by atoms with Crippen LogP contribution in [0, 0.1) is 19.8 Å². The molecule has 25 heavy (non-hydrogen) atoms. The molecule has 3 aromatic rings. The van der Waals surface area contributed by atoms with Gasteiger partial charge in [0.1, 0.15) is 0 Å². The van der Waals surface area contributed by atoms with E-state index in [0.29, 0.717) is 11.1 Å². The molecule has 0 aliphatic heterocycles. The number of benzene rings is 3. The third kappa shape index (κ3) is 2.60. The first-order valence-corrected chi connectivity index (χ1v) is 8.46. The number of fused-ring (bicyclic) bond motifs is 5. The highest BCUT2D eigenvalue weighted by Crippen LogP contribution is 2.44. The van der Waals surface area contributed by atoms with E-state index in [1.165, 1.54) is 5.56 Å². The molecule has 1 aliphatic carbocycles. The zero-order valence-electron chi connectivity index (χ0n) is 14.1. The van der Waals surface area contributed by atoms with E-state index in [2.05, 4.69) is 19.1 Å². The summed E-state index contributed by atoms with van der Waals surface area (Å²) in [6, 6.07) is 11.8. The molecule has 0 saturated carbocycles. The van der Waals surface area contributed by atoms with E-state index in [4.69, 9.17) is 0 Å². The van der Waals surface area contributed by atoms with E-state index in [0.717, 1.165) is 27.1 Å². The number of aliphatic hydroxyl groups is 1. The van der Waals surface area contributed by atoms with Gasteiger partial charge in [0.05, 0.1) is 12.0 Å². The number of rotatable bonds is 0. The Kier molecular flexibility index (Phi) is 3.58. The second-order valence-corrected chi connectivity index (χ2v) is 7.15. The highest BCUT2D eigenvalue weighted by atomic mass is 19.4. The average Bonchev–Trinajstić information content (AvgIpc) is 2.54. The molecule has 4 heteroatoms. The van der Waals surface area contributed by atoms with Crippen LogP contribution < -0.4 is 0 Å². The van der Waals surface area contributed by atoms with Crippen LogP contribution in [0.25, 0.3) is 21.5 Å². The minimum absolute atomic E-state index is 0.0659. The van der Waals surface area contributed by atoms with Gasteiger partial charge in [-0.25, -0.2) is 0 Å². The Hall–Kier alpha value is -2.07. The van der Waals surface area contributed by atoms with Crippen molar-refractivity contribution in [1.82, 2.24) is 0 Å². The molecule has 1 aliphatic rings. The van der Waals surface area contributed by atoms with Crippen LogP contribution in [0.4, 0.5) is 13.2 Å². The molecule has 1 nitrogen and oxygen atoms in total. The van der Waals surface area contributed by atoms with Crippen LogP contribution >= 0.6 is 0 Å². The van der Waals surface area contributed by atoms with Crippen molar-refractivity contribution < 1.29 is 18.3 Å². The van der Waals surface area contributed by atoms with Gasteiger partial charge in [-0.2, -0.15) is 13.2 Å². The summed E-state index contributed by atoms with van der Waals surface area (Å²) in [5.74, 6) is -1.49. The topological polar surface area (TPSA) is 20.2 Å². The van der Waals surface area contributed by atoms with Gasteiger partial charge in [-0.1, -0.05) is 36.4 Å². The fraction of sp³-hybridized carbons (Fsp3) is 0.333. The summed E-state index contributed by atoms with van der Waals surface area (Å²) in [6.07, 6.45) is -5.67. The standard InChI is InChI=1S/C21H19F3O/c1-11-7-13-3-4-16-15(18(13)8-12(11)2)5-6-17-19(16)9-14(10-20(17)25)21(22,23)24/h3-8,14,20,25H,9-10H2,1-2H3. The van der Waals surface area contributed by atoms with Crippen molar-refractivity contribution in [2.45, 2.75) is 39.0 Å². The first kappa shape index (κ1) is 16.4. The quantitative estimate of drug-likeness (QED) is 0.514. The predicted octanol–water partition coefficient (Wildman–Crippen LogP) is 5.77. The van der Waals surface area contributed by atoms with Crippen molar-refractivity contribution in [2.24, 2.45) is 5.92 Å².